The van der Waals surface area contributed by atoms with Crippen molar-refractivity contribution in [2.24, 2.45) is 0 Å². The number of rotatable bonds is 4. The van der Waals surface area contributed by atoms with Crippen LogP contribution < -0.4 is 10.2 Å². The van der Waals surface area contributed by atoms with Gasteiger partial charge in [0.25, 0.3) is 0 Å². The van der Waals surface area contributed by atoms with E-state index >= 15 is 0 Å². The van der Waals surface area contributed by atoms with E-state index in [0.717, 1.165) is 37.0 Å². The smallest absolute Gasteiger partial charge is 0.115 e. The summed E-state index contributed by atoms with van der Waals surface area (Å²) < 4.78 is 5.43. The van der Waals surface area contributed by atoms with Gasteiger partial charge in [-0.15, -0.1) is 11.3 Å². The lowest BCUT2D eigenvalue weighted by atomic mass is 10.2. The molecule has 1 saturated heterocycles. The minimum Gasteiger partial charge on any atom is -0.378 e. The molecule has 0 saturated carbocycles. The van der Waals surface area contributed by atoms with Gasteiger partial charge in [0.2, 0.25) is 0 Å². The maximum absolute atomic E-state index is 5.43. The van der Waals surface area contributed by atoms with Crippen molar-refractivity contribution in [2.45, 2.75) is 13.0 Å². The van der Waals surface area contributed by atoms with Crippen LogP contribution in [0.1, 0.15) is 18.0 Å². The molecule has 3 rings (SSSR count). The van der Waals surface area contributed by atoms with E-state index in [1.54, 1.807) is 11.3 Å². The first-order chi connectivity index (χ1) is 9.84. The Morgan fingerprint density at radius 2 is 2.10 bits per heavy atom. The molecule has 1 unspecified atom stereocenters. The molecule has 5 heteroatoms. The van der Waals surface area contributed by atoms with Gasteiger partial charge in [-0.2, -0.15) is 0 Å². The number of aromatic nitrogens is 1. The highest BCUT2D eigenvalue weighted by molar-refractivity contribution is 7.09. The first-order valence-electron chi connectivity index (χ1n) is 6.92. The van der Waals surface area contributed by atoms with Gasteiger partial charge in [-0.25, -0.2) is 4.98 Å². The van der Waals surface area contributed by atoms with E-state index in [1.807, 2.05) is 11.6 Å². The Morgan fingerprint density at radius 3 is 2.85 bits per heavy atom. The largest absolute Gasteiger partial charge is 0.378 e. The van der Waals surface area contributed by atoms with E-state index in [2.05, 4.69) is 46.4 Å². The molecule has 0 bridgehead atoms. The molecule has 2 heterocycles. The lowest BCUT2D eigenvalue weighted by molar-refractivity contribution is 0.123. The van der Waals surface area contributed by atoms with Crippen molar-refractivity contribution in [3.05, 3.63) is 40.8 Å². The standard InChI is InChI=1S/C15H19N3OS/c1-12(15-16-6-11-20-15)17-13-4-2-3-5-14(13)18-7-9-19-10-8-18/h2-6,11-12,17H,7-10H2,1H3. The van der Waals surface area contributed by atoms with Gasteiger partial charge >= 0.3 is 0 Å². The number of hydrogen-bond donors (Lipinski definition) is 1. The molecule has 0 aliphatic carbocycles. The number of nitrogens with one attached hydrogen (secondary N) is 1. The highest BCUT2D eigenvalue weighted by Crippen LogP contribution is 2.30. The Balaban J connectivity index is 1.78. The Kier molecular flexibility index (Phi) is 4.18. The highest BCUT2D eigenvalue weighted by Gasteiger charge is 2.16. The molecule has 0 spiro atoms. The van der Waals surface area contributed by atoms with Crippen LogP contribution in [0.3, 0.4) is 0 Å². The fourth-order valence-electron chi connectivity index (χ4n) is 2.42. The Bertz CT molecular complexity index is 538. The van der Waals surface area contributed by atoms with Crippen LogP contribution in [0.2, 0.25) is 0 Å². The van der Waals surface area contributed by atoms with E-state index in [4.69, 9.17) is 4.74 Å². The lowest BCUT2D eigenvalue weighted by Gasteiger charge is -2.31. The summed E-state index contributed by atoms with van der Waals surface area (Å²) in [5.74, 6) is 0. The summed E-state index contributed by atoms with van der Waals surface area (Å²) in [6.45, 7) is 5.65. The second-order valence-corrected chi connectivity index (χ2v) is 5.78. The molecule has 0 radical (unpaired) electrons. The molecular formula is C15H19N3OS. The van der Waals surface area contributed by atoms with Gasteiger partial charge in [0.15, 0.2) is 0 Å². The molecule has 1 atom stereocenters. The molecule has 20 heavy (non-hydrogen) atoms. The quantitative estimate of drug-likeness (QED) is 0.938. The van der Waals surface area contributed by atoms with E-state index in [9.17, 15) is 0 Å². The molecule has 1 aliphatic heterocycles. The van der Waals surface area contributed by atoms with E-state index < -0.39 is 0 Å². The molecule has 1 fully saturated rings. The van der Waals surface area contributed by atoms with Gasteiger partial charge < -0.3 is 15.0 Å². The topological polar surface area (TPSA) is 37.4 Å². The van der Waals surface area contributed by atoms with Crippen LogP contribution in [0.5, 0.6) is 0 Å². The fraction of sp³-hybridized carbons (Fsp3) is 0.400. The molecular weight excluding hydrogens is 270 g/mol. The van der Waals surface area contributed by atoms with Crippen molar-refractivity contribution < 1.29 is 4.74 Å². The number of anilines is 2. The van der Waals surface area contributed by atoms with E-state index in [-0.39, 0.29) is 6.04 Å². The summed E-state index contributed by atoms with van der Waals surface area (Å²) in [5, 5.41) is 6.70. The van der Waals surface area contributed by atoms with Gasteiger partial charge in [0, 0.05) is 24.7 Å². The third kappa shape index (κ3) is 2.94. The van der Waals surface area contributed by atoms with Crippen molar-refractivity contribution in [3.63, 3.8) is 0 Å². The van der Waals surface area contributed by atoms with Gasteiger partial charge in [-0.1, -0.05) is 12.1 Å². The molecule has 1 aromatic carbocycles. The fourth-order valence-corrected chi connectivity index (χ4v) is 3.06. The van der Waals surface area contributed by atoms with Crippen molar-refractivity contribution >= 4 is 22.7 Å². The highest BCUT2D eigenvalue weighted by atomic mass is 32.1. The molecule has 1 aromatic heterocycles. The van der Waals surface area contributed by atoms with Crippen LogP contribution in [0.25, 0.3) is 0 Å². The second-order valence-electron chi connectivity index (χ2n) is 4.85. The average Bonchev–Trinajstić information content (AvgIpc) is 3.03. The van der Waals surface area contributed by atoms with Crippen LogP contribution in [0, 0.1) is 0 Å². The number of para-hydroxylation sites is 2. The molecule has 4 nitrogen and oxygen atoms in total. The third-order valence-electron chi connectivity index (χ3n) is 3.45. The summed E-state index contributed by atoms with van der Waals surface area (Å²) in [7, 11) is 0. The summed E-state index contributed by atoms with van der Waals surface area (Å²) >= 11 is 1.68. The van der Waals surface area contributed by atoms with E-state index in [0.29, 0.717) is 0 Å². The van der Waals surface area contributed by atoms with Crippen LogP contribution >= 0.6 is 11.3 Å². The predicted octanol–water partition coefficient (Wildman–Crippen LogP) is 3.15. The monoisotopic (exact) mass is 289 g/mol. The number of nitrogens with zero attached hydrogens (tertiary/aromatic N) is 2. The van der Waals surface area contributed by atoms with Crippen LogP contribution in [-0.4, -0.2) is 31.3 Å². The zero-order valence-electron chi connectivity index (χ0n) is 11.6. The second kappa shape index (κ2) is 6.24. The minimum atomic E-state index is 0.220. The van der Waals surface area contributed by atoms with Crippen molar-refractivity contribution in [3.8, 4) is 0 Å². The summed E-state index contributed by atoms with van der Waals surface area (Å²) in [4.78, 5) is 6.75. The summed E-state index contributed by atoms with van der Waals surface area (Å²) in [5.41, 5.74) is 2.41. The van der Waals surface area contributed by atoms with Gasteiger partial charge in [0.1, 0.15) is 5.01 Å². The van der Waals surface area contributed by atoms with Crippen molar-refractivity contribution in [1.82, 2.24) is 4.98 Å². The Morgan fingerprint density at radius 1 is 1.30 bits per heavy atom. The minimum absolute atomic E-state index is 0.220. The van der Waals surface area contributed by atoms with E-state index in [1.165, 1.54) is 5.69 Å². The molecule has 2 aromatic rings. The summed E-state index contributed by atoms with van der Waals surface area (Å²) in [6, 6.07) is 8.68. The zero-order valence-corrected chi connectivity index (χ0v) is 12.4. The maximum Gasteiger partial charge on any atom is 0.115 e. The number of benzene rings is 1. The average molecular weight is 289 g/mol. The molecule has 1 N–H and O–H groups in total. The molecule has 0 amide bonds. The third-order valence-corrected chi connectivity index (χ3v) is 4.41. The number of thiazole rings is 1. The first-order valence-corrected chi connectivity index (χ1v) is 7.80. The lowest BCUT2D eigenvalue weighted by Crippen LogP contribution is -2.36. The number of ether oxygens (including phenoxy) is 1. The Hall–Kier alpha value is -1.59. The molecule has 1 aliphatic rings. The Labute approximate surface area is 123 Å². The molecule has 106 valence electrons. The van der Waals surface area contributed by atoms with Crippen molar-refractivity contribution in [2.75, 3.05) is 36.5 Å². The SMILES string of the molecule is CC(Nc1ccccc1N1CCOCC1)c1nccs1. The predicted molar refractivity (Wildman–Crippen MR) is 83.6 cm³/mol. The zero-order chi connectivity index (χ0) is 13.8. The van der Waals surface area contributed by atoms with Crippen molar-refractivity contribution in [1.29, 1.82) is 0 Å². The number of hydrogen-bond acceptors (Lipinski definition) is 5. The van der Waals surface area contributed by atoms with Crippen LogP contribution in [0.4, 0.5) is 11.4 Å². The van der Waals surface area contributed by atoms with Gasteiger partial charge in [0.05, 0.1) is 30.6 Å². The number of morpholine rings is 1. The van der Waals surface area contributed by atoms with Gasteiger partial charge in [-0.3, -0.25) is 0 Å². The van der Waals surface area contributed by atoms with Crippen LogP contribution in [0.15, 0.2) is 35.8 Å². The maximum atomic E-state index is 5.43. The summed E-state index contributed by atoms with van der Waals surface area (Å²) in [6.07, 6.45) is 1.85. The van der Waals surface area contributed by atoms with Gasteiger partial charge in [-0.05, 0) is 19.1 Å². The van der Waals surface area contributed by atoms with Crippen LogP contribution in [-0.2, 0) is 4.74 Å². The normalized spacial score (nSPS) is 16.9. The first kappa shape index (κ1) is 13.4.